The Labute approximate surface area is 70.5 Å². The molecular formula is C9H22Ge. The van der Waals surface area contributed by atoms with E-state index in [1.165, 1.54) is 0 Å². The molecule has 0 aliphatic rings. The molecule has 0 spiro atoms. The molecule has 0 aliphatic heterocycles. The zero-order valence-electron chi connectivity index (χ0n) is 8.31. The van der Waals surface area contributed by atoms with Gasteiger partial charge in [-0.25, -0.2) is 0 Å². The summed E-state index contributed by atoms with van der Waals surface area (Å²) in [6.07, 6.45) is 0. The Kier molecular flexibility index (Phi) is 4.67. The Morgan fingerprint density at radius 1 is 0.600 bits per heavy atom. The second-order valence-corrected chi connectivity index (χ2v) is 15.1. The van der Waals surface area contributed by atoms with E-state index in [-0.39, 0.29) is 0 Å². The summed E-state index contributed by atoms with van der Waals surface area (Å²) in [6, 6.07) is 0. The fourth-order valence-electron chi connectivity index (χ4n) is 2.31. The summed E-state index contributed by atoms with van der Waals surface area (Å²) >= 11 is -0.924. The van der Waals surface area contributed by atoms with Crippen LogP contribution in [0.1, 0.15) is 41.5 Å². The fraction of sp³-hybridized carbons (Fsp3) is 1.00. The van der Waals surface area contributed by atoms with Crippen molar-refractivity contribution in [2.24, 2.45) is 0 Å². The van der Waals surface area contributed by atoms with Crippen molar-refractivity contribution >= 4 is 14.3 Å². The van der Waals surface area contributed by atoms with Crippen molar-refractivity contribution in [1.29, 1.82) is 0 Å². The van der Waals surface area contributed by atoms with E-state index in [9.17, 15) is 0 Å². The van der Waals surface area contributed by atoms with Gasteiger partial charge in [-0.2, -0.15) is 0 Å². The molecule has 62 valence electrons. The van der Waals surface area contributed by atoms with Gasteiger partial charge in [-0.15, -0.1) is 0 Å². The van der Waals surface area contributed by atoms with Crippen molar-refractivity contribution in [3.63, 3.8) is 0 Å². The van der Waals surface area contributed by atoms with Crippen molar-refractivity contribution in [2.75, 3.05) is 0 Å². The summed E-state index contributed by atoms with van der Waals surface area (Å²) in [7, 11) is 0. The SMILES string of the molecule is C[CH](C)[GeH]([CH](C)C)[CH](C)C. The van der Waals surface area contributed by atoms with E-state index in [1.54, 1.807) is 0 Å². The quantitative estimate of drug-likeness (QED) is 0.616. The van der Waals surface area contributed by atoms with E-state index >= 15 is 0 Å². The van der Waals surface area contributed by atoms with Crippen LogP contribution in [-0.4, -0.2) is 14.3 Å². The molecule has 0 amide bonds. The first-order valence-electron chi connectivity index (χ1n) is 4.46. The summed E-state index contributed by atoms with van der Waals surface area (Å²) in [5.41, 5.74) is 0. The van der Waals surface area contributed by atoms with Crippen molar-refractivity contribution in [1.82, 2.24) is 0 Å². The molecule has 0 aromatic carbocycles. The Bertz CT molecular complexity index is 65.7. The fourth-order valence-corrected chi connectivity index (χ4v) is 12.0. The zero-order chi connectivity index (χ0) is 8.31. The van der Waals surface area contributed by atoms with Crippen LogP contribution in [0.2, 0.25) is 14.3 Å². The molecule has 0 atom stereocenters. The molecule has 10 heavy (non-hydrogen) atoms. The first kappa shape index (κ1) is 10.5. The third-order valence-electron chi connectivity index (χ3n) is 2.31. The van der Waals surface area contributed by atoms with Gasteiger partial charge in [0.25, 0.3) is 0 Å². The third-order valence-corrected chi connectivity index (χ3v) is 12.0. The Morgan fingerprint density at radius 2 is 0.800 bits per heavy atom. The Hall–Kier alpha value is 0.543. The van der Waals surface area contributed by atoms with Gasteiger partial charge in [0.2, 0.25) is 0 Å². The van der Waals surface area contributed by atoms with E-state index in [0.29, 0.717) is 0 Å². The van der Waals surface area contributed by atoms with E-state index < -0.39 is 14.3 Å². The predicted molar refractivity (Wildman–Crippen MR) is 52.4 cm³/mol. The molecule has 0 rings (SSSR count). The monoisotopic (exact) mass is 204 g/mol. The summed E-state index contributed by atoms with van der Waals surface area (Å²) in [5.74, 6) is 0. The summed E-state index contributed by atoms with van der Waals surface area (Å²) in [5, 5.41) is 0. The van der Waals surface area contributed by atoms with Crippen LogP contribution in [0.15, 0.2) is 0 Å². The van der Waals surface area contributed by atoms with Gasteiger partial charge in [0.1, 0.15) is 0 Å². The minimum atomic E-state index is -0.924. The second kappa shape index (κ2) is 4.43. The molecule has 0 heterocycles. The second-order valence-electron chi connectivity index (χ2n) is 4.31. The molecule has 0 aromatic rings. The maximum absolute atomic E-state index is 2.41. The van der Waals surface area contributed by atoms with Crippen LogP contribution in [-0.2, 0) is 0 Å². The molecule has 0 bridgehead atoms. The molecule has 0 N–H and O–H groups in total. The number of hydrogen-bond donors (Lipinski definition) is 0. The molecule has 0 radical (unpaired) electrons. The van der Waals surface area contributed by atoms with E-state index in [0.717, 1.165) is 14.3 Å². The van der Waals surface area contributed by atoms with Gasteiger partial charge >= 0.3 is 70.1 Å². The maximum atomic E-state index is 2.41. The van der Waals surface area contributed by atoms with Gasteiger partial charge in [-0.3, -0.25) is 0 Å². The number of hydrogen-bond acceptors (Lipinski definition) is 0. The van der Waals surface area contributed by atoms with Gasteiger partial charge in [0.15, 0.2) is 0 Å². The molecule has 0 nitrogen and oxygen atoms in total. The Morgan fingerprint density at radius 3 is 0.800 bits per heavy atom. The molecule has 0 saturated heterocycles. The molecule has 0 aliphatic carbocycles. The van der Waals surface area contributed by atoms with E-state index in [4.69, 9.17) is 0 Å². The van der Waals surface area contributed by atoms with Crippen LogP contribution >= 0.6 is 0 Å². The van der Waals surface area contributed by atoms with E-state index in [2.05, 4.69) is 41.5 Å². The van der Waals surface area contributed by atoms with Crippen molar-refractivity contribution in [3.8, 4) is 0 Å². The van der Waals surface area contributed by atoms with Crippen molar-refractivity contribution in [2.45, 2.75) is 55.8 Å². The van der Waals surface area contributed by atoms with E-state index in [1.807, 2.05) is 0 Å². The first-order chi connectivity index (χ1) is 4.46. The summed E-state index contributed by atoms with van der Waals surface area (Å²) in [6.45, 7) is 14.4. The molecular weight excluding hydrogens is 181 g/mol. The van der Waals surface area contributed by atoms with Crippen LogP contribution in [0.25, 0.3) is 0 Å². The average Bonchev–Trinajstić information content (AvgIpc) is 1.59. The van der Waals surface area contributed by atoms with Crippen LogP contribution < -0.4 is 0 Å². The summed E-state index contributed by atoms with van der Waals surface area (Å²) < 4.78 is 3.06. The average molecular weight is 203 g/mol. The molecule has 0 saturated carbocycles. The predicted octanol–water partition coefficient (Wildman–Crippen LogP) is 3.44. The van der Waals surface area contributed by atoms with Gasteiger partial charge < -0.3 is 0 Å². The van der Waals surface area contributed by atoms with Crippen molar-refractivity contribution < 1.29 is 0 Å². The van der Waals surface area contributed by atoms with Crippen LogP contribution in [0, 0.1) is 0 Å². The molecule has 0 fully saturated rings. The number of rotatable bonds is 3. The first-order valence-corrected chi connectivity index (χ1v) is 8.66. The van der Waals surface area contributed by atoms with Crippen LogP contribution in [0.3, 0.4) is 0 Å². The molecule has 0 unspecified atom stereocenters. The Balaban J connectivity index is 3.98. The van der Waals surface area contributed by atoms with Gasteiger partial charge in [0, 0.05) is 0 Å². The normalized spacial score (nSPS) is 12.6. The van der Waals surface area contributed by atoms with Gasteiger partial charge in [0.05, 0.1) is 0 Å². The van der Waals surface area contributed by atoms with Crippen LogP contribution in [0.5, 0.6) is 0 Å². The minimum absolute atomic E-state index is 0.924. The standard InChI is InChI=1S/C9H22Ge/c1-7(2)10(8(3)4)9(5)6/h7-10H,1-6H3. The zero-order valence-corrected chi connectivity index (χ0v) is 10.7. The molecule has 0 aromatic heterocycles. The topological polar surface area (TPSA) is 0 Å². The molecule has 1 heteroatoms. The third kappa shape index (κ3) is 3.09. The van der Waals surface area contributed by atoms with Gasteiger partial charge in [-0.1, -0.05) is 0 Å². The van der Waals surface area contributed by atoms with Gasteiger partial charge in [-0.05, 0) is 0 Å². The van der Waals surface area contributed by atoms with Crippen LogP contribution in [0.4, 0.5) is 0 Å². The van der Waals surface area contributed by atoms with Crippen molar-refractivity contribution in [3.05, 3.63) is 0 Å². The summed E-state index contributed by atoms with van der Waals surface area (Å²) in [4.78, 5) is 0.